The van der Waals surface area contributed by atoms with Gasteiger partial charge in [-0.05, 0) is 42.1 Å². The number of hydrogen-bond donors (Lipinski definition) is 1. The number of amides is 1. The first kappa shape index (κ1) is 17.4. The largest absolute Gasteiger partial charge is 0.322 e. The van der Waals surface area contributed by atoms with Crippen LogP contribution in [-0.2, 0) is 14.8 Å². The second kappa shape index (κ2) is 7.08. The Morgan fingerprint density at radius 3 is 2.61 bits per heavy atom. The van der Waals surface area contributed by atoms with Crippen LogP contribution in [0.15, 0.2) is 46.7 Å². The highest BCUT2D eigenvalue weighted by Gasteiger charge is 2.20. The number of carbonyl (C=O) groups is 1. The minimum atomic E-state index is -3.55. The molecule has 1 heterocycles. The molecular weight excluding hydrogens is 332 g/mol. The van der Waals surface area contributed by atoms with Gasteiger partial charge in [0.1, 0.15) is 0 Å². The minimum absolute atomic E-state index is 0.183. The van der Waals surface area contributed by atoms with Crippen molar-refractivity contribution < 1.29 is 13.2 Å². The molecule has 0 spiro atoms. The number of benzene rings is 1. The molecule has 1 aromatic heterocycles. The van der Waals surface area contributed by atoms with Gasteiger partial charge in [-0.1, -0.05) is 12.1 Å². The standard InChI is InChI=1S/C16H18N2O3S2/c1-12-6-7-13(11-15(12)23(20,21)18(2)3)17-16(19)9-8-14-5-4-10-22-14/h4-11H,1-3H3,(H,17,19). The lowest BCUT2D eigenvalue weighted by Gasteiger charge is -2.14. The Bertz CT molecular complexity index is 823. The third-order valence-corrected chi connectivity index (χ3v) is 5.95. The monoisotopic (exact) mass is 350 g/mol. The van der Waals surface area contributed by atoms with E-state index in [2.05, 4.69) is 5.32 Å². The van der Waals surface area contributed by atoms with Crippen molar-refractivity contribution in [3.63, 3.8) is 0 Å². The maximum absolute atomic E-state index is 12.3. The highest BCUT2D eigenvalue weighted by molar-refractivity contribution is 7.89. The molecule has 2 rings (SSSR count). The van der Waals surface area contributed by atoms with Gasteiger partial charge in [-0.15, -0.1) is 11.3 Å². The van der Waals surface area contributed by atoms with Crippen LogP contribution < -0.4 is 5.32 Å². The normalized spacial score (nSPS) is 12.0. The van der Waals surface area contributed by atoms with Crippen molar-refractivity contribution in [2.24, 2.45) is 0 Å². The van der Waals surface area contributed by atoms with E-state index in [0.29, 0.717) is 11.3 Å². The van der Waals surface area contributed by atoms with E-state index < -0.39 is 10.0 Å². The first-order valence-corrected chi connectivity index (χ1v) is 9.18. The molecule has 5 nitrogen and oxygen atoms in total. The fourth-order valence-corrected chi connectivity index (χ4v) is 3.64. The number of nitrogens with zero attached hydrogens (tertiary/aromatic N) is 1. The summed E-state index contributed by atoms with van der Waals surface area (Å²) in [7, 11) is -0.596. The van der Waals surface area contributed by atoms with Crippen LogP contribution in [0, 0.1) is 6.92 Å². The molecule has 0 unspecified atom stereocenters. The number of anilines is 1. The predicted octanol–water partition coefficient (Wildman–Crippen LogP) is 2.96. The summed E-state index contributed by atoms with van der Waals surface area (Å²) in [6.45, 7) is 1.72. The van der Waals surface area contributed by atoms with Crippen LogP contribution in [0.1, 0.15) is 10.4 Å². The molecule has 0 saturated heterocycles. The Labute approximate surface area is 140 Å². The minimum Gasteiger partial charge on any atom is -0.322 e. The van der Waals surface area contributed by atoms with Crippen molar-refractivity contribution in [2.45, 2.75) is 11.8 Å². The quantitative estimate of drug-likeness (QED) is 0.843. The molecule has 0 saturated carbocycles. The number of nitrogens with one attached hydrogen (secondary N) is 1. The van der Waals surface area contributed by atoms with Crippen LogP contribution in [0.25, 0.3) is 6.08 Å². The Morgan fingerprint density at radius 1 is 1.26 bits per heavy atom. The fourth-order valence-electron chi connectivity index (χ4n) is 1.88. The summed E-state index contributed by atoms with van der Waals surface area (Å²) in [6.07, 6.45) is 3.14. The van der Waals surface area contributed by atoms with Crippen molar-refractivity contribution in [3.05, 3.63) is 52.2 Å². The number of thiophene rings is 1. The second-order valence-corrected chi connectivity index (χ2v) is 8.21. The van der Waals surface area contributed by atoms with Gasteiger partial charge in [0.05, 0.1) is 4.90 Å². The van der Waals surface area contributed by atoms with E-state index in [4.69, 9.17) is 0 Å². The van der Waals surface area contributed by atoms with Gasteiger partial charge in [0, 0.05) is 30.7 Å². The molecule has 23 heavy (non-hydrogen) atoms. The van der Waals surface area contributed by atoms with Gasteiger partial charge in [0.2, 0.25) is 15.9 Å². The van der Waals surface area contributed by atoms with Crippen LogP contribution >= 0.6 is 11.3 Å². The summed E-state index contributed by atoms with van der Waals surface area (Å²) in [5.41, 5.74) is 1.07. The zero-order valence-electron chi connectivity index (χ0n) is 13.1. The SMILES string of the molecule is Cc1ccc(NC(=O)C=Cc2cccs2)cc1S(=O)(=O)N(C)C. The van der Waals surface area contributed by atoms with Gasteiger partial charge in [-0.3, -0.25) is 4.79 Å². The van der Waals surface area contributed by atoms with Gasteiger partial charge >= 0.3 is 0 Å². The molecule has 122 valence electrons. The van der Waals surface area contributed by atoms with E-state index >= 15 is 0 Å². The maximum atomic E-state index is 12.3. The number of carbonyl (C=O) groups excluding carboxylic acids is 1. The van der Waals surface area contributed by atoms with Crippen LogP contribution in [-0.4, -0.2) is 32.7 Å². The number of sulfonamides is 1. The molecule has 0 aliphatic rings. The first-order chi connectivity index (χ1) is 10.8. The van der Waals surface area contributed by atoms with Gasteiger partial charge < -0.3 is 5.32 Å². The summed E-state index contributed by atoms with van der Waals surface area (Å²) in [6, 6.07) is 8.64. The third kappa shape index (κ3) is 4.28. The summed E-state index contributed by atoms with van der Waals surface area (Å²) in [5.74, 6) is -0.310. The molecule has 0 atom stereocenters. The summed E-state index contributed by atoms with van der Waals surface area (Å²) in [5, 5.41) is 4.61. The predicted molar refractivity (Wildman–Crippen MR) is 94.0 cm³/mol. The maximum Gasteiger partial charge on any atom is 0.248 e. The van der Waals surface area contributed by atoms with Gasteiger partial charge in [0.15, 0.2) is 0 Å². The number of rotatable bonds is 5. The third-order valence-electron chi connectivity index (χ3n) is 3.16. The van der Waals surface area contributed by atoms with E-state index in [0.717, 1.165) is 9.18 Å². The van der Waals surface area contributed by atoms with Crippen LogP contribution in [0.5, 0.6) is 0 Å². The Balaban J connectivity index is 2.20. The average Bonchev–Trinajstić information content (AvgIpc) is 3.00. The van der Waals surface area contributed by atoms with Gasteiger partial charge in [-0.25, -0.2) is 12.7 Å². The number of aryl methyl sites for hydroxylation is 1. The number of hydrogen-bond acceptors (Lipinski definition) is 4. The zero-order valence-corrected chi connectivity index (χ0v) is 14.7. The van der Waals surface area contributed by atoms with Gasteiger partial charge in [0.25, 0.3) is 0 Å². The molecule has 2 aromatic rings. The van der Waals surface area contributed by atoms with Crippen molar-refractivity contribution in [3.8, 4) is 0 Å². The zero-order chi connectivity index (χ0) is 17.0. The summed E-state index contributed by atoms with van der Waals surface area (Å²) in [4.78, 5) is 13.1. The topological polar surface area (TPSA) is 66.5 Å². The van der Waals surface area contributed by atoms with Crippen LogP contribution in [0.3, 0.4) is 0 Å². The summed E-state index contributed by atoms with van der Waals surface area (Å²) < 4.78 is 25.7. The lowest BCUT2D eigenvalue weighted by molar-refractivity contribution is -0.111. The van der Waals surface area contributed by atoms with E-state index in [1.54, 1.807) is 25.1 Å². The van der Waals surface area contributed by atoms with Gasteiger partial charge in [-0.2, -0.15) is 0 Å². The smallest absolute Gasteiger partial charge is 0.248 e. The highest BCUT2D eigenvalue weighted by Crippen LogP contribution is 2.22. The molecule has 1 aromatic carbocycles. The molecule has 1 N–H and O–H groups in total. The second-order valence-electron chi connectivity index (χ2n) is 5.11. The highest BCUT2D eigenvalue weighted by atomic mass is 32.2. The van der Waals surface area contributed by atoms with E-state index in [-0.39, 0.29) is 10.8 Å². The first-order valence-electron chi connectivity index (χ1n) is 6.86. The molecule has 0 bridgehead atoms. The Morgan fingerprint density at radius 2 is 2.00 bits per heavy atom. The average molecular weight is 350 g/mol. The fraction of sp³-hybridized carbons (Fsp3) is 0.188. The lowest BCUT2D eigenvalue weighted by atomic mass is 10.2. The van der Waals surface area contributed by atoms with Crippen molar-refractivity contribution in [1.29, 1.82) is 0 Å². The van der Waals surface area contributed by atoms with Crippen LogP contribution in [0.2, 0.25) is 0 Å². The lowest BCUT2D eigenvalue weighted by Crippen LogP contribution is -2.23. The molecule has 0 aliphatic carbocycles. The van der Waals surface area contributed by atoms with E-state index in [9.17, 15) is 13.2 Å². The van der Waals surface area contributed by atoms with Crippen molar-refractivity contribution >= 4 is 39.0 Å². The van der Waals surface area contributed by atoms with E-state index in [1.165, 1.54) is 37.6 Å². The molecule has 7 heteroatoms. The van der Waals surface area contributed by atoms with Crippen molar-refractivity contribution in [1.82, 2.24) is 4.31 Å². The molecule has 1 amide bonds. The van der Waals surface area contributed by atoms with E-state index in [1.807, 2.05) is 17.5 Å². The molecule has 0 aliphatic heterocycles. The van der Waals surface area contributed by atoms with Crippen molar-refractivity contribution in [2.75, 3.05) is 19.4 Å². The molecular formula is C16H18N2O3S2. The Kier molecular flexibility index (Phi) is 5.35. The van der Waals surface area contributed by atoms with Crippen LogP contribution in [0.4, 0.5) is 5.69 Å². The summed E-state index contributed by atoms with van der Waals surface area (Å²) >= 11 is 1.53. The Hall–Kier alpha value is -1.96. The molecule has 0 fully saturated rings. The molecule has 0 radical (unpaired) electrons.